The molecule has 0 aliphatic carbocycles. The SMILES string of the molecule is C=CCO/N=C/c1cc[n+]([O-])cc1. The van der Waals surface area contributed by atoms with Crippen LogP contribution in [0.15, 0.2) is 42.3 Å². The lowest BCUT2D eigenvalue weighted by Gasteiger charge is -1.94. The van der Waals surface area contributed by atoms with Crippen LogP contribution in [-0.2, 0) is 4.84 Å². The molecule has 1 aromatic rings. The highest BCUT2D eigenvalue weighted by Gasteiger charge is 1.89. The van der Waals surface area contributed by atoms with Crippen molar-refractivity contribution in [3.63, 3.8) is 0 Å². The topological polar surface area (TPSA) is 48.5 Å². The first-order valence-electron chi connectivity index (χ1n) is 3.78. The molecule has 4 heteroatoms. The predicted molar refractivity (Wildman–Crippen MR) is 49.1 cm³/mol. The number of rotatable bonds is 4. The van der Waals surface area contributed by atoms with Gasteiger partial charge in [-0.25, -0.2) is 0 Å². The molecule has 1 heterocycles. The van der Waals surface area contributed by atoms with E-state index in [4.69, 9.17) is 4.84 Å². The Hall–Kier alpha value is -1.84. The second-order valence-corrected chi connectivity index (χ2v) is 2.31. The zero-order valence-corrected chi connectivity index (χ0v) is 7.09. The minimum Gasteiger partial charge on any atom is -0.619 e. The van der Waals surface area contributed by atoms with Crippen LogP contribution < -0.4 is 4.73 Å². The summed E-state index contributed by atoms with van der Waals surface area (Å²) < 4.78 is 0.710. The van der Waals surface area contributed by atoms with Crippen molar-refractivity contribution < 1.29 is 9.57 Å². The fourth-order valence-corrected chi connectivity index (χ4v) is 0.704. The van der Waals surface area contributed by atoms with Crippen LogP contribution in [0.3, 0.4) is 0 Å². The van der Waals surface area contributed by atoms with E-state index in [0.29, 0.717) is 11.3 Å². The highest BCUT2D eigenvalue weighted by atomic mass is 16.6. The molecule has 0 aliphatic rings. The van der Waals surface area contributed by atoms with Crippen LogP contribution >= 0.6 is 0 Å². The van der Waals surface area contributed by atoms with Gasteiger partial charge in [0.25, 0.3) is 0 Å². The Balaban J connectivity index is 2.49. The van der Waals surface area contributed by atoms with Gasteiger partial charge in [0.05, 0.1) is 6.21 Å². The summed E-state index contributed by atoms with van der Waals surface area (Å²) in [6.45, 7) is 3.85. The van der Waals surface area contributed by atoms with E-state index in [2.05, 4.69) is 11.7 Å². The van der Waals surface area contributed by atoms with Gasteiger partial charge in [-0.1, -0.05) is 17.8 Å². The zero-order chi connectivity index (χ0) is 9.52. The summed E-state index contributed by atoms with van der Waals surface area (Å²) in [5, 5.41) is 14.3. The minimum atomic E-state index is 0.380. The summed E-state index contributed by atoms with van der Waals surface area (Å²) in [6.07, 6.45) is 5.93. The number of nitrogens with zero attached hydrogens (tertiary/aromatic N) is 2. The summed E-state index contributed by atoms with van der Waals surface area (Å²) in [6, 6.07) is 3.29. The first kappa shape index (κ1) is 9.25. The number of hydrogen-bond acceptors (Lipinski definition) is 3. The molecule has 0 atom stereocenters. The van der Waals surface area contributed by atoms with Gasteiger partial charge in [0.2, 0.25) is 0 Å². The average molecular weight is 178 g/mol. The third-order valence-corrected chi connectivity index (χ3v) is 1.30. The molecule has 0 spiro atoms. The van der Waals surface area contributed by atoms with Crippen molar-refractivity contribution in [1.82, 2.24) is 0 Å². The van der Waals surface area contributed by atoms with E-state index in [-0.39, 0.29) is 0 Å². The highest BCUT2D eigenvalue weighted by molar-refractivity contribution is 5.78. The fourth-order valence-electron chi connectivity index (χ4n) is 0.704. The van der Waals surface area contributed by atoms with Gasteiger partial charge in [0, 0.05) is 17.7 Å². The summed E-state index contributed by atoms with van der Waals surface area (Å²) in [7, 11) is 0. The fraction of sp³-hybridized carbons (Fsp3) is 0.111. The van der Waals surface area contributed by atoms with Crippen molar-refractivity contribution in [3.05, 3.63) is 48.0 Å². The van der Waals surface area contributed by atoms with Crippen LogP contribution in [0.25, 0.3) is 0 Å². The first-order valence-corrected chi connectivity index (χ1v) is 3.78. The molecular formula is C9H10N2O2. The van der Waals surface area contributed by atoms with E-state index >= 15 is 0 Å². The van der Waals surface area contributed by atoms with Gasteiger partial charge in [-0.15, -0.1) is 0 Å². The van der Waals surface area contributed by atoms with Crippen molar-refractivity contribution >= 4 is 6.21 Å². The van der Waals surface area contributed by atoms with Gasteiger partial charge < -0.3 is 10.0 Å². The number of pyridine rings is 1. The van der Waals surface area contributed by atoms with Gasteiger partial charge in [0.1, 0.15) is 6.61 Å². The van der Waals surface area contributed by atoms with Crippen molar-refractivity contribution in [3.8, 4) is 0 Å². The number of oxime groups is 1. The zero-order valence-electron chi connectivity index (χ0n) is 7.09. The van der Waals surface area contributed by atoms with Crippen LogP contribution in [0.5, 0.6) is 0 Å². The molecule has 68 valence electrons. The monoisotopic (exact) mass is 178 g/mol. The van der Waals surface area contributed by atoms with Crippen LogP contribution in [0.4, 0.5) is 0 Å². The lowest BCUT2D eigenvalue weighted by Crippen LogP contribution is -2.23. The lowest BCUT2D eigenvalue weighted by atomic mass is 10.3. The van der Waals surface area contributed by atoms with Crippen LogP contribution in [-0.4, -0.2) is 12.8 Å². The van der Waals surface area contributed by atoms with Crippen LogP contribution in [0.2, 0.25) is 0 Å². The molecule has 1 aromatic heterocycles. The van der Waals surface area contributed by atoms with Gasteiger partial charge in [-0.3, -0.25) is 0 Å². The molecule has 0 fully saturated rings. The molecule has 0 saturated carbocycles. The van der Waals surface area contributed by atoms with E-state index in [1.807, 2.05) is 0 Å². The molecule has 0 radical (unpaired) electrons. The standard InChI is InChI=1S/C9H10N2O2/c1-2-7-13-10-8-9-3-5-11(12)6-4-9/h2-6,8H,1,7H2/b10-8+. The van der Waals surface area contributed by atoms with Crippen molar-refractivity contribution in [2.45, 2.75) is 0 Å². The van der Waals surface area contributed by atoms with E-state index in [1.54, 1.807) is 18.2 Å². The number of hydrogen-bond donors (Lipinski definition) is 0. The van der Waals surface area contributed by atoms with Crippen molar-refractivity contribution in [2.75, 3.05) is 6.61 Å². The third kappa shape index (κ3) is 3.37. The van der Waals surface area contributed by atoms with Gasteiger partial charge in [-0.05, 0) is 0 Å². The molecule has 13 heavy (non-hydrogen) atoms. The molecule has 0 amide bonds. The Kier molecular flexibility index (Phi) is 3.50. The largest absolute Gasteiger partial charge is 0.619 e. The summed E-state index contributed by atoms with van der Waals surface area (Å²) >= 11 is 0. The first-order chi connectivity index (χ1) is 6.33. The Bertz CT molecular complexity index is 293. The summed E-state index contributed by atoms with van der Waals surface area (Å²) in [5.74, 6) is 0. The van der Waals surface area contributed by atoms with E-state index in [1.165, 1.54) is 18.6 Å². The third-order valence-electron chi connectivity index (χ3n) is 1.30. The normalized spacial score (nSPS) is 10.2. The van der Waals surface area contributed by atoms with Crippen LogP contribution in [0, 0.1) is 5.21 Å². The second-order valence-electron chi connectivity index (χ2n) is 2.31. The van der Waals surface area contributed by atoms with Crippen molar-refractivity contribution in [2.24, 2.45) is 5.16 Å². The maximum Gasteiger partial charge on any atom is 0.181 e. The van der Waals surface area contributed by atoms with Crippen LogP contribution in [0.1, 0.15) is 5.56 Å². The Morgan fingerprint density at radius 2 is 2.23 bits per heavy atom. The van der Waals surface area contributed by atoms with E-state index in [9.17, 15) is 5.21 Å². The smallest absolute Gasteiger partial charge is 0.181 e. The molecule has 0 saturated heterocycles. The molecule has 0 aliphatic heterocycles. The number of aromatic nitrogens is 1. The predicted octanol–water partition coefficient (Wildman–Crippen LogP) is 0.856. The molecule has 0 aromatic carbocycles. The second kappa shape index (κ2) is 4.92. The van der Waals surface area contributed by atoms with Gasteiger partial charge >= 0.3 is 0 Å². The Labute approximate surface area is 76.3 Å². The summed E-state index contributed by atoms with van der Waals surface area (Å²) in [4.78, 5) is 4.78. The highest BCUT2D eigenvalue weighted by Crippen LogP contribution is 1.90. The maximum atomic E-state index is 10.6. The molecule has 1 rings (SSSR count). The molecule has 0 unspecified atom stereocenters. The maximum absolute atomic E-state index is 10.6. The lowest BCUT2D eigenvalue weighted by molar-refractivity contribution is -0.605. The van der Waals surface area contributed by atoms with E-state index < -0.39 is 0 Å². The Morgan fingerprint density at radius 3 is 2.85 bits per heavy atom. The molecule has 0 N–H and O–H groups in total. The van der Waals surface area contributed by atoms with Gasteiger partial charge in [0.15, 0.2) is 12.4 Å². The Morgan fingerprint density at radius 1 is 1.54 bits per heavy atom. The molecule has 4 nitrogen and oxygen atoms in total. The summed E-state index contributed by atoms with van der Waals surface area (Å²) in [5.41, 5.74) is 0.816. The molecule has 0 bridgehead atoms. The quantitative estimate of drug-likeness (QED) is 0.171. The average Bonchev–Trinajstić information content (AvgIpc) is 2.15. The molecular weight excluding hydrogens is 168 g/mol. The van der Waals surface area contributed by atoms with E-state index in [0.717, 1.165) is 5.56 Å². The van der Waals surface area contributed by atoms with Gasteiger partial charge in [-0.2, -0.15) is 4.73 Å². The minimum absolute atomic E-state index is 0.380. The van der Waals surface area contributed by atoms with Crippen molar-refractivity contribution in [1.29, 1.82) is 0 Å².